The minimum atomic E-state index is -0.688. The van der Waals surface area contributed by atoms with Gasteiger partial charge >= 0.3 is 0 Å². The van der Waals surface area contributed by atoms with Gasteiger partial charge in [-0.15, -0.1) is 0 Å². The summed E-state index contributed by atoms with van der Waals surface area (Å²) >= 11 is 0. The molecule has 0 N–H and O–H groups in total. The Balaban J connectivity index is 2.02. The maximum Gasteiger partial charge on any atom is 0.164 e. The molecule has 1 saturated carbocycles. The molecule has 114 valence electrons. The number of fused-ring (bicyclic) bond motifs is 1. The third-order valence-corrected chi connectivity index (χ3v) is 5.71. The largest absolute Gasteiger partial charge is 0.294 e. The van der Waals surface area contributed by atoms with Crippen LogP contribution in [-0.2, 0) is 15.0 Å². The quantitative estimate of drug-likeness (QED) is 0.847. The smallest absolute Gasteiger partial charge is 0.164 e. The van der Waals surface area contributed by atoms with Gasteiger partial charge in [-0.2, -0.15) is 0 Å². The van der Waals surface area contributed by atoms with Crippen molar-refractivity contribution < 1.29 is 9.59 Å². The molecule has 2 aromatic carbocycles. The Kier molecular flexibility index (Phi) is 2.77. The average molecular weight is 302 g/mol. The maximum absolute atomic E-state index is 12.9. The molecule has 4 rings (SSSR count). The number of Topliss-reactive ketones (excluding diaryl/α,β-unsaturated/α-hetero) is 1. The van der Waals surface area contributed by atoms with E-state index in [4.69, 9.17) is 0 Å². The van der Waals surface area contributed by atoms with Crippen molar-refractivity contribution in [1.82, 2.24) is 0 Å². The Hall–Kier alpha value is -2.48. The molecule has 0 unspecified atom stereocenters. The van der Waals surface area contributed by atoms with Crippen LogP contribution in [0.15, 0.2) is 72.3 Å². The number of hydrogen-bond acceptors (Lipinski definition) is 2. The van der Waals surface area contributed by atoms with E-state index in [-0.39, 0.29) is 17.5 Å². The molecule has 2 aromatic rings. The van der Waals surface area contributed by atoms with Gasteiger partial charge in [-0.05, 0) is 29.7 Å². The summed E-state index contributed by atoms with van der Waals surface area (Å²) in [4.78, 5) is 25.7. The third-order valence-electron chi connectivity index (χ3n) is 5.71. The summed E-state index contributed by atoms with van der Waals surface area (Å²) < 4.78 is 0. The van der Waals surface area contributed by atoms with E-state index < -0.39 is 10.8 Å². The van der Waals surface area contributed by atoms with Gasteiger partial charge in [-0.25, -0.2) is 0 Å². The van der Waals surface area contributed by atoms with Gasteiger partial charge in [0.1, 0.15) is 0 Å². The highest BCUT2D eigenvalue weighted by Crippen LogP contribution is 2.75. The van der Waals surface area contributed by atoms with Crippen LogP contribution in [0.25, 0.3) is 0 Å². The molecule has 0 radical (unpaired) electrons. The highest BCUT2D eigenvalue weighted by Gasteiger charge is 2.81. The normalized spacial score (nSPS) is 28.1. The topological polar surface area (TPSA) is 34.1 Å². The summed E-state index contributed by atoms with van der Waals surface area (Å²) in [7, 11) is 0. The van der Waals surface area contributed by atoms with Crippen LogP contribution in [0.2, 0.25) is 0 Å². The molecule has 1 fully saturated rings. The first kappa shape index (κ1) is 14.1. The van der Waals surface area contributed by atoms with Gasteiger partial charge in [-0.1, -0.05) is 67.6 Å². The van der Waals surface area contributed by atoms with Gasteiger partial charge in [-0.3, -0.25) is 9.59 Å². The Labute approximate surface area is 135 Å². The van der Waals surface area contributed by atoms with Gasteiger partial charge < -0.3 is 0 Å². The Morgan fingerprint density at radius 1 is 0.826 bits per heavy atom. The van der Waals surface area contributed by atoms with Crippen LogP contribution in [0.1, 0.15) is 25.0 Å². The SMILES string of the molecule is CC1=CC(=O)[C@@]2(C)[C@@H](C1=O)C2(c1ccccc1)c1ccccc1. The van der Waals surface area contributed by atoms with Crippen LogP contribution >= 0.6 is 0 Å². The van der Waals surface area contributed by atoms with Gasteiger partial charge in [0.2, 0.25) is 0 Å². The van der Waals surface area contributed by atoms with Crippen molar-refractivity contribution in [3.05, 3.63) is 83.4 Å². The number of carbonyl (C=O) groups is 2. The second-order valence-electron chi connectivity index (χ2n) is 6.73. The predicted molar refractivity (Wildman–Crippen MR) is 89.0 cm³/mol. The zero-order chi connectivity index (χ0) is 16.2. The number of allylic oxidation sites excluding steroid dienone is 2. The summed E-state index contributed by atoms with van der Waals surface area (Å²) in [5.41, 5.74) is 1.42. The number of rotatable bonds is 2. The fourth-order valence-corrected chi connectivity index (χ4v) is 4.56. The number of benzene rings is 2. The first-order valence-corrected chi connectivity index (χ1v) is 7.92. The van der Waals surface area contributed by atoms with E-state index in [2.05, 4.69) is 0 Å². The molecule has 23 heavy (non-hydrogen) atoms. The zero-order valence-corrected chi connectivity index (χ0v) is 13.2. The van der Waals surface area contributed by atoms with E-state index in [1.807, 2.05) is 67.6 Å². The van der Waals surface area contributed by atoms with Crippen LogP contribution in [0.4, 0.5) is 0 Å². The van der Waals surface area contributed by atoms with E-state index in [0.717, 1.165) is 11.1 Å². The van der Waals surface area contributed by atoms with Crippen LogP contribution in [-0.4, -0.2) is 11.6 Å². The van der Waals surface area contributed by atoms with Crippen molar-refractivity contribution in [3.8, 4) is 0 Å². The van der Waals surface area contributed by atoms with Crippen molar-refractivity contribution >= 4 is 11.6 Å². The number of carbonyl (C=O) groups excluding carboxylic acids is 2. The Morgan fingerprint density at radius 3 is 1.78 bits per heavy atom. The minimum Gasteiger partial charge on any atom is -0.294 e. The maximum atomic E-state index is 12.9. The Bertz CT molecular complexity index is 793. The Morgan fingerprint density at radius 2 is 1.30 bits per heavy atom. The molecular weight excluding hydrogens is 284 g/mol. The zero-order valence-electron chi connectivity index (χ0n) is 13.2. The lowest BCUT2D eigenvalue weighted by Gasteiger charge is -2.22. The highest BCUT2D eigenvalue weighted by molar-refractivity contribution is 6.18. The molecule has 0 amide bonds. The molecule has 2 atom stereocenters. The lowest BCUT2D eigenvalue weighted by Crippen LogP contribution is -2.25. The second-order valence-corrected chi connectivity index (χ2v) is 6.73. The van der Waals surface area contributed by atoms with Crippen molar-refractivity contribution in [3.63, 3.8) is 0 Å². The summed E-state index contributed by atoms with van der Waals surface area (Å²) in [6.07, 6.45) is 1.53. The standard InChI is InChI=1S/C21H18O2/c1-14-13-17(22)20(2)19(18(14)23)21(20,15-9-5-3-6-10-15)16-11-7-4-8-12-16/h3-13,19H,1-2H3/t19-,20+/m1/s1. The molecular formula is C21H18O2. The highest BCUT2D eigenvalue weighted by atomic mass is 16.1. The van der Waals surface area contributed by atoms with Crippen LogP contribution in [0, 0.1) is 11.3 Å². The first-order chi connectivity index (χ1) is 11.0. The molecule has 2 aliphatic carbocycles. The van der Waals surface area contributed by atoms with Gasteiger partial charge in [0.05, 0.1) is 11.3 Å². The van der Waals surface area contributed by atoms with Gasteiger partial charge in [0.25, 0.3) is 0 Å². The van der Waals surface area contributed by atoms with Crippen molar-refractivity contribution in [2.24, 2.45) is 11.3 Å². The molecule has 2 nitrogen and oxygen atoms in total. The van der Waals surface area contributed by atoms with E-state index >= 15 is 0 Å². The van der Waals surface area contributed by atoms with Gasteiger partial charge in [0, 0.05) is 5.41 Å². The molecule has 0 aliphatic heterocycles. The lowest BCUT2D eigenvalue weighted by atomic mass is 9.79. The average Bonchev–Trinajstić information content (AvgIpc) is 3.18. The van der Waals surface area contributed by atoms with Crippen molar-refractivity contribution in [2.45, 2.75) is 19.3 Å². The minimum absolute atomic E-state index is 0.0623. The van der Waals surface area contributed by atoms with Crippen LogP contribution in [0.5, 0.6) is 0 Å². The van der Waals surface area contributed by atoms with E-state index in [1.165, 1.54) is 6.08 Å². The molecule has 0 bridgehead atoms. The van der Waals surface area contributed by atoms with Crippen molar-refractivity contribution in [1.29, 1.82) is 0 Å². The second kappa shape index (κ2) is 4.51. The van der Waals surface area contributed by atoms with E-state index in [0.29, 0.717) is 5.57 Å². The first-order valence-electron chi connectivity index (χ1n) is 7.92. The molecule has 0 heterocycles. The third kappa shape index (κ3) is 1.53. The fourth-order valence-electron chi connectivity index (χ4n) is 4.56. The van der Waals surface area contributed by atoms with E-state index in [9.17, 15) is 9.59 Å². The molecule has 0 saturated heterocycles. The fraction of sp³-hybridized carbons (Fsp3) is 0.238. The predicted octanol–water partition coefficient (Wildman–Crippen LogP) is 3.71. The monoisotopic (exact) mass is 302 g/mol. The number of hydrogen-bond donors (Lipinski definition) is 0. The molecule has 2 aliphatic rings. The van der Waals surface area contributed by atoms with Crippen molar-refractivity contribution in [2.75, 3.05) is 0 Å². The molecule has 0 aromatic heterocycles. The lowest BCUT2D eigenvalue weighted by molar-refractivity contribution is -0.125. The summed E-state index contributed by atoms with van der Waals surface area (Å²) in [5, 5.41) is 0. The molecule has 0 spiro atoms. The van der Waals surface area contributed by atoms with Gasteiger partial charge in [0.15, 0.2) is 11.6 Å². The summed E-state index contributed by atoms with van der Waals surface area (Å²) in [6.45, 7) is 3.69. The molecule has 2 heteroatoms. The summed E-state index contributed by atoms with van der Waals surface area (Å²) in [6, 6.07) is 20.0. The number of ketones is 2. The van der Waals surface area contributed by atoms with Crippen LogP contribution in [0.3, 0.4) is 0 Å². The van der Waals surface area contributed by atoms with E-state index in [1.54, 1.807) is 6.92 Å². The summed E-state index contributed by atoms with van der Waals surface area (Å²) in [5.74, 6) is -0.149. The van der Waals surface area contributed by atoms with Crippen LogP contribution < -0.4 is 0 Å².